The van der Waals surface area contributed by atoms with Crippen LogP contribution in [0.25, 0.3) is 10.9 Å². The van der Waals surface area contributed by atoms with Crippen LogP contribution >= 0.6 is 11.6 Å². The lowest BCUT2D eigenvalue weighted by Crippen LogP contribution is -2.16. The van der Waals surface area contributed by atoms with Crippen LogP contribution in [0.5, 0.6) is 23.1 Å². The number of halogens is 4. The van der Waals surface area contributed by atoms with Gasteiger partial charge in [0.25, 0.3) is 0 Å². The second-order valence-corrected chi connectivity index (χ2v) is 5.97. The molecule has 0 fully saturated rings. The summed E-state index contributed by atoms with van der Waals surface area (Å²) in [6.45, 7) is 2.58. The molecule has 0 atom stereocenters. The Morgan fingerprint density at radius 1 is 0.963 bits per heavy atom. The standard InChI is InChI=1S/C19H15ClF3NO3/c1-2-11-25-16-9-8-15(20)18-14(16)7-10-17(24-18)26-12-3-5-13(6-4-12)27-19(21,22)23/h3-10H,2,11H2,1H3. The van der Waals surface area contributed by atoms with Crippen molar-refractivity contribution in [3.63, 3.8) is 0 Å². The van der Waals surface area contributed by atoms with Crippen LogP contribution < -0.4 is 14.2 Å². The monoisotopic (exact) mass is 397 g/mol. The summed E-state index contributed by atoms with van der Waals surface area (Å²) in [6, 6.07) is 11.9. The molecule has 2 aromatic carbocycles. The summed E-state index contributed by atoms with van der Waals surface area (Å²) in [5.41, 5.74) is 0.514. The molecule has 0 amide bonds. The van der Waals surface area contributed by atoms with E-state index < -0.39 is 6.36 Å². The van der Waals surface area contributed by atoms with Gasteiger partial charge in [-0.15, -0.1) is 13.2 Å². The quantitative estimate of drug-likeness (QED) is 0.484. The van der Waals surface area contributed by atoms with Gasteiger partial charge in [0.1, 0.15) is 17.2 Å². The van der Waals surface area contributed by atoms with Crippen molar-refractivity contribution in [2.24, 2.45) is 0 Å². The van der Waals surface area contributed by atoms with Gasteiger partial charge in [0.05, 0.1) is 17.1 Å². The van der Waals surface area contributed by atoms with E-state index in [1.165, 1.54) is 12.1 Å². The van der Waals surface area contributed by atoms with Gasteiger partial charge in [-0.1, -0.05) is 18.5 Å². The third-order valence-electron chi connectivity index (χ3n) is 3.48. The molecule has 1 aromatic heterocycles. The average molecular weight is 398 g/mol. The summed E-state index contributed by atoms with van der Waals surface area (Å²) < 4.78 is 51.7. The van der Waals surface area contributed by atoms with Crippen molar-refractivity contribution >= 4 is 22.5 Å². The predicted molar refractivity (Wildman–Crippen MR) is 95.7 cm³/mol. The Kier molecular flexibility index (Phi) is 5.60. The highest BCUT2D eigenvalue weighted by Crippen LogP contribution is 2.33. The number of rotatable bonds is 6. The molecule has 3 rings (SSSR count). The number of fused-ring (bicyclic) bond motifs is 1. The van der Waals surface area contributed by atoms with Gasteiger partial charge in [-0.25, -0.2) is 4.98 Å². The second-order valence-electron chi connectivity index (χ2n) is 5.56. The SMILES string of the molecule is CCCOc1ccc(Cl)c2nc(Oc3ccc(OC(F)(F)F)cc3)ccc12. The lowest BCUT2D eigenvalue weighted by atomic mass is 10.2. The Bertz CT molecular complexity index is 930. The maximum atomic E-state index is 12.2. The minimum absolute atomic E-state index is 0.251. The zero-order valence-corrected chi connectivity index (χ0v) is 15.0. The van der Waals surface area contributed by atoms with E-state index in [2.05, 4.69) is 9.72 Å². The fraction of sp³-hybridized carbons (Fsp3) is 0.211. The summed E-state index contributed by atoms with van der Waals surface area (Å²) >= 11 is 6.22. The Labute approximate surface area is 158 Å². The van der Waals surface area contributed by atoms with Gasteiger partial charge in [0, 0.05) is 11.5 Å². The van der Waals surface area contributed by atoms with Crippen molar-refractivity contribution in [2.75, 3.05) is 6.61 Å². The first kappa shape index (κ1) is 19.1. The van der Waals surface area contributed by atoms with Crippen LogP contribution in [0.1, 0.15) is 13.3 Å². The van der Waals surface area contributed by atoms with E-state index in [9.17, 15) is 13.2 Å². The minimum Gasteiger partial charge on any atom is -0.493 e. The molecule has 3 aromatic rings. The van der Waals surface area contributed by atoms with Gasteiger partial charge in [-0.2, -0.15) is 0 Å². The van der Waals surface area contributed by atoms with Crippen LogP contribution in [0.4, 0.5) is 13.2 Å². The van der Waals surface area contributed by atoms with Gasteiger partial charge in [-0.3, -0.25) is 0 Å². The summed E-state index contributed by atoms with van der Waals surface area (Å²) in [4.78, 5) is 4.38. The molecule has 0 N–H and O–H groups in total. The third kappa shape index (κ3) is 4.95. The molecule has 0 bridgehead atoms. The average Bonchev–Trinajstić information content (AvgIpc) is 2.62. The van der Waals surface area contributed by atoms with Crippen molar-refractivity contribution in [2.45, 2.75) is 19.7 Å². The first-order valence-corrected chi connectivity index (χ1v) is 8.49. The zero-order chi connectivity index (χ0) is 19.4. The lowest BCUT2D eigenvalue weighted by molar-refractivity contribution is -0.274. The zero-order valence-electron chi connectivity index (χ0n) is 14.2. The second kappa shape index (κ2) is 7.92. The van der Waals surface area contributed by atoms with E-state index in [0.717, 1.165) is 23.9 Å². The molecule has 27 heavy (non-hydrogen) atoms. The molecular formula is C19H15ClF3NO3. The Morgan fingerprint density at radius 2 is 1.67 bits per heavy atom. The number of nitrogens with zero attached hydrogens (tertiary/aromatic N) is 1. The summed E-state index contributed by atoms with van der Waals surface area (Å²) in [5, 5.41) is 1.19. The Hall–Kier alpha value is -2.67. The van der Waals surface area contributed by atoms with Gasteiger partial charge in [0.2, 0.25) is 5.88 Å². The molecule has 0 unspecified atom stereocenters. The first-order chi connectivity index (χ1) is 12.9. The predicted octanol–water partition coefficient (Wildman–Crippen LogP) is 6.37. The number of alkyl halides is 3. The number of ether oxygens (including phenoxy) is 3. The van der Waals surface area contributed by atoms with Crippen molar-refractivity contribution in [1.82, 2.24) is 4.98 Å². The molecule has 0 saturated heterocycles. The summed E-state index contributed by atoms with van der Waals surface area (Å²) in [5.74, 6) is 0.901. The Balaban J connectivity index is 1.82. The van der Waals surface area contributed by atoms with E-state index in [1.807, 2.05) is 6.92 Å². The van der Waals surface area contributed by atoms with Crippen LogP contribution in [0.2, 0.25) is 5.02 Å². The fourth-order valence-corrected chi connectivity index (χ4v) is 2.57. The van der Waals surface area contributed by atoms with Gasteiger partial charge < -0.3 is 14.2 Å². The number of hydrogen-bond donors (Lipinski definition) is 0. The molecule has 0 spiro atoms. The molecule has 142 valence electrons. The van der Waals surface area contributed by atoms with E-state index in [1.54, 1.807) is 24.3 Å². The molecule has 8 heteroatoms. The van der Waals surface area contributed by atoms with E-state index >= 15 is 0 Å². The first-order valence-electron chi connectivity index (χ1n) is 8.11. The highest BCUT2D eigenvalue weighted by Gasteiger charge is 2.31. The molecule has 0 aliphatic carbocycles. The van der Waals surface area contributed by atoms with Crippen LogP contribution in [-0.2, 0) is 0 Å². The van der Waals surface area contributed by atoms with Gasteiger partial charge in [-0.05, 0) is 48.9 Å². The molecular weight excluding hydrogens is 383 g/mol. The molecule has 0 aliphatic heterocycles. The third-order valence-corrected chi connectivity index (χ3v) is 3.79. The molecule has 1 heterocycles. The highest BCUT2D eigenvalue weighted by atomic mass is 35.5. The number of pyridine rings is 1. The number of hydrogen-bond acceptors (Lipinski definition) is 4. The van der Waals surface area contributed by atoms with Crippen molar-refractivity contribution in [3.8, 4) is 23.1 Å². The Morgan fingerprint density at radius 3 is 2.33 bits per heavy atom. The summed E-state index contributed by atoms with van der Waals surface area (Å²) in [7, 11) is 0. The number of aromatic nitrogens is 1. The van der Waals surface area contributed by atoms with E-state index in [-0.39, 0.29) is 11.6 Å². The van der Waals surface area contributed by atoms with Crippen molar-refractivity contribution < 1.29 is 27.4 Å². The number of benzene rings is 2. The van der Waals surface area contributed by atoms with Crippen LogP contribution in [0.15, 0.2) is 48.5 Å². The van der Waals surface area contributed by atoms with Gasteiger partial charge >= 0.3 is 6.36 Å². The molecule has 4 nitrogen and oxygen atoms in total. The molecule has 0 aliphatic rings. The highest BCUT2D eigenvalue weighted by molar-refractivity contribution is 6.35. The molecule has 0 radical (unpaired) electrons. The minimum atomic E-state index is -4.74. The fourth-order valence-electron chi connectivity index (χ4n) is 2.36. The topological polar surface area (TPSA) is 40.6 Å². The maximum absolute atomic E-state index is 12.2. The molecule has 0 saturated carbocycles. The largest absolute Gasteiger partial charge is 0.573 e. The van der Waals surface area contributed by atoms with Crippen molar-refractivity contribution in [3.05, 3.63) is 53.6 Å². The van der Waals surface area contributed by atoms with Crippen LogP contribution in [0.3, 0.4) is 0 Å². The van der Waals surface area contributed by atoms with Crippen LogP contribution in [0, 0.1) is 0 Å². The van der Waals surface area contributed by atoms with Crippen LogP contribution in [-0.4, -0.2) is 18.0 Å². The van der Waals surface area contributed by atoms with E-state index in [4.69, 9.17) is 21.1 Å². The smallest absolute Gasteiger partial charge is 0.493 e. The normalized spacial score (nSPS) is 11.4. The summed E-state index contributed by atoms with van der Waals surface area (Å²) in [6.07, 6.45) is -3.87. The maximum Gasteiger partial charge on any atom is 0.573 e. The van der Waals surface area contributed by atoms with E-state index in [0.29, 0.717) is 28.6 Å². The van der Waals surface area contributed by atoms with Crippen molar-refractivity contribution in [1.29, 1.82) is 0 Å². The van der Waals surface area contributed by atoms with Gasteiger partial charge in [0.15, 0.2) is 0 Å². The lowest BCUT2D eigenvalue weighted by Gasteiger charge is -2.11.